The number of carbonyl (C=O) groups excluding carboxylic acids is 1. The maximum Gasteiger partial charge on any atom is 0.241 e. The lowest BCUT2D eigenvalue weighted by Gasteiger charge is -2.57. The molecule has 3 N–H and O–H groups in total. The molecule has 3 unspecified atom stereocenters. The van der Waals surface area contributed by atoms with Gasteiger partial charge >= 0.3 is 0 Å². The van der Waals surface area contributed by atoms with Crippen molar-refractivity contribution in [2.75, 3.05) is 6.61 Å². The van der Waals surface area contributed by atoms with Crippen molar-refractivity contribution in [2.24, 2.45) is 11.1 Å². The Morgan fingerprint density at radius 2 is 2.23 bits per heavy atom. The van der Waals surface area contributed by atoms with Crippen LogP contribution in [-0.2, 0) is 9.53 Å². The molecule has 2 rings (SSSR count). The number of rotatable bonds is 5. The molecule has 22 heavy (non-hydrogen) atoms. The Labute approximate surface area is 140 Å². The van der Waals surface area contributed by atoms with Gasteiger partial charge in [0.15, 0.2) is 0 Å². The molecule has 1 amide bonds. The van der Waals surface area contributed by atoms with Crippen molar-refractivity contribution < 1.29 is 9.53 Å². The van der Waals surface area contributed by atoms with Gasteiger partial charge in [0, 0.05) is 22.9 Å². The summed E-state index contributed by atoms with van der Waals surface area (Å²) >= 11 is 3.45. The summed E-state index contributed by atoms with van der Waals surface area (Å²) in [7, 11) is 0. The fourth-order valence-electron chi connectivity index (χ4n) is 3.01. The molecule has 0 bridgehead atoms. The second-order valence-corrected chi connectivity index (χ2v) is 7.51. The number of hydrogen-bond donors (Lipinski definition) is 2. The topological polar surface area (TPSA) is 64.3 Å². The highest BCUT2D eigenvalue weighted by Crippen LogP contribution is 2.50. The molecule has 5 heteroatoms. The van der Waals surface area contributed by atoms with Crippen LogP contribution in [-0.4, -0.2) is 24.2 Å². The van der Waals surface area contributed by atoms with Crippen LogP contribution in [0, 0.1) is 5.41 Å². The van der Waals surface area contributed by atoms with Crippen molar-refractivity contribution in [2.45, 2.75) is 51.8 Å². The van der Waals surface area contributed by atoms with Gasteiger partial charge in [0.1, 0.15) is 5.54 Å². The summed E-state index contributed by atoms with van der Waals surface area (Å²) in [5.74, 6) is -0.110. The number of nitrogens with one attached hydrogen (secondary N) is 1. The molecular formula is C17H25BrN2O2. The Morgan fingerprint density at radius 1 is 1.55 bits per heavy atom. The van der Waals surface area contributed by atoms with E-state index in [-0.39, 0.29) is 23.5 Å². The summed E-state index contributed by atoms with van der Waals surface area (Å²) in [5.41, 5.74) is 6.19. The Hall–Kier alpha value is -0.910. The molecule has 1 fully saturated rings. The summed E-state index contributed by atoms with van der Waals surface area (Å²) in [6.45, 7) is 8.57. The van der Waals surface area contributed by atoms with Crippen LogP contribution in [0.15, 0.2) is 28.7 Å². The van der Waals surface area contributed by atoms with Gasteiger partial charge in [0.2, 0.25) is 5.91 Å². The van der Waals surface area contributed by atoms with Crippen molar-refractivity contribution in [1.82, 2.24) is 5.32 Å². The number of ether oxygens (including phenoxy) is 1. The molecule has 1 saturated carbocycles. The molecule has 0 spiro atoms. The number of amides is 1. The van der Waals surface area contributed by atoms with Crippen LogP contribution in [0.5, 0.6) is 0 Å². The Morgan fingerprint density at radius 3 is 2.77 bits per heavy atom. The number of hydrogen-bond acceptors (Lipinski definition) is 3. The third-order valence-corrected chi connectivity index (χ3v) is 5.42. The molecule has 0 saturated heterocycles. The molecule has 1 aliphatic carbocycles. The van der Waals surface area contributed by atoms with E-state index in [4.69, 9.17) is 10.5 Å². The molecule has 1 aromatic carbocycles. The van der Waals surface area contributed by atoms with Gasteiger partial charge in [-0.05, 0) is 31.5 Å². The highest BCUT2D eigenvalue weighted by Gasteiger charge is 2.62. The summed E-state index contributed by atoms with van der Waals surface area (Å²) in [5, 5.41) is 3.04. The van der Waals surface area contributed by atoms with Gasteiger partial charge in [-0.3, -0.25) is 4.79 Å². The molecule has 0 aromatic heterocycles. The largest absolute Gasteiger partial charge is 0.378 e. The first kappa shape index (κ1) is 17.4. The fourth-order valence-corrected chi connectivity index (χ4v) is 3.42. The molecule has 1 aromatic rings. The lowest BCUT2D eigenvalue weighted by Crippen LogP contribution is -2.75. The maximum absolute atomic E-state index is 12.7. The zero-order chi connectivity index (χ0) is 16.5. The quantitative estimate of drug-likeness (QED) is 0.838. The van der Waals surface area contributed by atoms with Gasteiger partial charge < -0.3 is 15.8 Å². The summed E-state index contributed by atoms with van der Waals surface area (Å²) in [4.78, 5) is 12.7. The minimum Gasteiger partial charge on any atom is -0.378 e. The second kappa shape index (κ2) is 6.30. The fraction of sp³-hybridized carbons (Fsp3) is 0.588. The highest BCUT2D eigenvalue weighted by atomic mass is 79.9. The van der Waals surface area contributed by atoms with Gasteiger partial charge in [-0.2, -0.15) is 0 Å². The average molecular weight is 369 g/mol. The van der Waals surface area contributed by atoms with E-state index in [2.05, 4.69) is 21.2 Å². The predicted octanol–water partition coefficient (Wildman–Crippen LogP) is 3.16. The first-order valence-corrected chi connectivity index (χ1v) is 8.48. The zero-order valence-electron chi connectivity index (χ0n) is 13.7. The molecule has 3 atom stereocenters. The Balaban J connectivity index is 2.06. The SMILES string of the molecule is CCOC1CC(N)(C(=O)NC(C)c2cccc(Br)c2)C1(C)C. The summed E-state index contributed by atoms with van der Waals surface area (Å²) < 4.78 is 6.67. The minimum atomic E-state index is -0.882. The molecule has 0 heterocycles. The lowest BCUT2D eigenvalue weighted by atomic mass is 9.54. The predicted molar refractivity (Wildman–Crippen MR) is 91.4 cm³/mol. The minimum absolute atomic E-state index is 0.0365. The Bertz CT molecular complexity index is 561. The first-order chi connectivity index (χ1) is 10.2. The van der Waals surface area contributed by atoms with Crippen molar-refractivity contribution in [3.8, 4) is 0 Å². The number of halogens is 1. The number of carbonyl (C=O) groups is 1. The second-order valence-electron chi connectivity index (χ2n) is 6.59. The van der Waals surface area contributed by atoms with Crippen LogP contribution in [0.25, 0.3) is 0 Å². The molecule has 122 valence electrons. The summed E-state index contributed by atoms with van der Waals surface area (Å²) in [6.07, 6.45) is 0.597. The van der Waals surface area contributed by atoms with E-state index in [9.17, 15) is 4.79 Å². The molecule has 0 radical (unpaired) electrons. The third-order valence-electron chi connectivity index (χ3n) is 4.93. The average Bonchev–Trinajstić information content (AvgIpc) is 2.46. The molecule has 4 nitrogen and oxygen atoms in total. The van der Waals surface area contributed by atoms with Crippen molar-refractivity contribution in [3.63, 3.8) is 0 Å². The number of nitrogens with two attached hydrogens (primary N) is 1. The Kier molecular flexibility index (Phi) is 5.00. The van der Waals surface area contributed by atoms with E-state index >= 15 is 0 Å². The van der Waals surface area contributed by atoms with Crippen molar-refractivity contribution >= 4 is 21.8 Å². The van der Waals surface area contributed by atoms with Crippen LogP contribution >= 0.6 is 15.9 Å². The molecular weight excluding hydrogens is 344 g/mol. The lowest BCUT2D eigenvalue weighted by molar-refractivity contribution is -0.171. The van der Waals surface area contributed by atoms with Gasteiger partial charge in [-0.1, -0.05) is 41.9 Å². The zero-order valence-corrected chi connectivity index (χ0v) is 15.2. The maximum atomic E-state index is 12.7. The van der Waals surface area contributed by atoms with E-state index in [1.807, 2.05) is 52.0 Å². The summed E-state index contributed by atoms with van der Waals surface area (Å²) in [6, 6.07) is 7.83. The van der Waals surface area contributed by atoms with Crippen LogP contribution < -0.4 is 11.1 Å². The standard InChI is InChI=1S/C17H25BrN2O2/c1-5-22-14-10-17(19,16(14,3)4)15(21)20-11(2)12-7-6-8-13(18)9-12/h6-9,11,14H,5,10,19H2,1-4H3,(H,20,21). The van der Waals surface area contributed by atoms with Crippen molar-refractivity contribution in [3.05, 3.63) is 34.3 Å². The van der Waals surface area contributed by atoms with E-state index in [1.54, 1.807) is 0 Å². The van der Waals surface area contributed by atoms with Crippen LogP contribution in [0.1, 0.15) is 45.7 Å². The van der Waals surface area contributed by atoms with E-state index in [0.717, 1.165) is 10.0 Å². The van der Waals surface area contributed by atoms with Gasteiger partial charge in [0.25, 0.3) is 0 Å². The molecule has 1 aliphatic rings. The van der Waals surface area contributed by atoms with Gasteiger partial charge in [-0.15, -0.1) is 0 Å². The van der Waals surface area contributed by atoms with Gasteiger partial charge in [0.05, 0.1) is 12.1 Å². The first-order valence-electron chi connectivity index (χ1n) is 7.69. The smallest absolute Gasteiger partial charge is 0.241 e. The monoisotopic (exact) mass is 368 g/mol. The van der Waals surface area contributed by atoms with Crippen LogP contribution in [0.4, 0.5) is 0 Å². The third kappa shape index (κ3) is 2.94. The van der Waals surface area contributed by atoms with Crippen LogP contribution in [0.3, 0.4) is 0 Å². The van der Waals surface area contributed by atoms with E-state index < -0.39 is 5.54 Å². The highest BCUT2D eigenvalue weighted by molar-refractivity contribution is 9.10. The van der Waals surface area contributed by atoms with Gasteiger partial charge in [-0.25, -0.2) is 0 Å². The van der Waals surface area contributed by atoms with E-state index in [0.29, 0.717) is 13.0 Å². The normalized spacial score (nSPS) is 27.8. The number of benzene rings is 1. The van der Waals surface area contributed by atoms with E-state index in [1.165, 1.54) is 0 Å². The molecule has 0 aliphatic heterocycles. The van der Waals surface area contributed by atoms with Crippen molar-refractivity contribution in [1.29, 1.82) is 0 Å². The van der Waals surface area contributed by atoms with Crippen LogP contribution in [0.2, 0.25) is 0 Å².